The van der Waals surface area contributed by atoms with Crippen molar-refractivity contribution in [1.82, 2.24) is 5.32 Å². The molecule has 1 saturated carbocycles. The van der Waals surface area contributed by atoms with Gasteiger partial charge in [0.25, 0.3) is 0 Å². The van der Waals surface area contributed by atoms with E-state index in [1.807, 2.05) is 12.1 Å². The number of nitrogens with one attached hydrogen (secondary N) is 1. The highest BCUT2D eigenvalue weighted by molar-refractivity contribution is 9.10. The first-order valence-corrected chi connectivity index (χ1v) is 7.73. The predicted octanol–water partition coefficient (Wildman–Crippen LogP) is 3.98. The van der Waals surface area contributed by atoms with Gasteiger partial charge in [0.2, 0.25) is 0 Å². The van der Waals surface area contributed by atoms with Crippen LogP contribution in [0.1, 0.15) is 24.0 Å². The molecule has 0 bridgehead atoms. The molecule has 3 rings (SSSR count). The Morgan fingerprint density at radius 2 is 1.85 bits per heavy atom. The molecule has 2 aromatic rings. The lowest BCUT2D eigenvalue weighted by atomic mass is 9.96. The van der Waals surface area contributed by atoms with Crippen molar-refractivity contribution in [2.45, 2.75) is 24.8 Å². The SMILES string of the molecule is Oc1ccc(Br)cc1CNCC1(c2ccccc2)CC1. The zero-order chi connectivity index (χ0) is 14.0. The molecule has 0 unspecified atom stereocenters. The number of benzene rings is 2. The lowest BCUT2D eigenvalue weighted by Gasteiger charge is -2.17. The molecular formula is C17H18BrNO. The van der Waals surface area contributed by atoms with E-state index in [2.05, 4.69) is 51.6 Å². The van der Waals surface area contributed by atoms with E-state index in [4.69, 9.17) is 0 Å². The van der Waals surface area contributed by atoms with Crippen molar-refractivity contribution in [2.75, 3.05) is 6.54 Å². The summed E-state index contributed by atoms with van der Waals surface area (Å²) in [5.74, 6) is 0.352. The van der Waals surface area contributed by atoms with Gasteiger partial charge in [0.15, 0.2) is 0 Å². The first kappa shape index (κ1) is 13.7. The fourth-order valence-electron chi connectivity index (χ4n) is 2.64. The Balaban J connectivity index is 1.62. The topological polar surface area (TPSA) is 32.3 Å². The van der Waals surface area contributed by atoms with Crippen LogP contribution in [-0.4, -0.2) is 11.7 Å². The van der Waals surface area contributed by atoms with Crippen molar-refractivity contribution in [3.05, 3.63) is 64.1 Å². The summed E-state index contributed by atoms with van der Waals surface area (Å²) in [6, 6.07) is 16.2. The summed E-state index contributed by atoms with van der Waals surface area (Å²) in [6.45, 7) is 1.66. The van der Waals surface area contributed by atoms with E-state index in [-0.39, 0.29) is 0 Å². The Labute approximate surface area is 128 Å². The van der Waals surface area contributed by atoms with Gasteiger partial charge < -0.3 is 10.4 Å². The molecule has 0 saturated heterocycles. The number of phenolic OH excluding ortho intramolecular Hbond substituents is 1. The summed E-state index contributed by atoms with van der Waals surface area (Å²) in [4.78, 5) is 0. The predicted molar refractivity (Wildman–Crippen MR) is 84.9 cm³/mol. The van der Waals surface area contributed by atoms with Crippen molar-refractivity contribution in [3.63, 3.8) is 0 Å². The van der Waals surface area contributed by atoms with Crippen LogP contribution >= 0.6 is 15.9 Å². The molecule has 2 N–H and O–H groups in total. The molecule has 0 aliphatic heterocycles. The van der Waals surface area contributed by atoms with Gasteiger partial charge in [0.05, 0.1) is 0 Å². The molecular weight excluding hydrogens is 314 g/mol. The minimum Gasteiger partial charge on any atom is -0.508 e. The molecule has 1 aliphatic rings. The molecule has 20 heavy (non-hydrogen) atoms. The number of hydrogen-bond donors (Lipinski definition) is 2. The number of halogens is 1. The molecule has 0 aromatic heterocycles. The summed E-state index contributed by atoms with van der Waals surface area (Å²) in [6.07, 6.45) is 2.49. The normalized spacial score (nSPS) is 16.1. The summed E-state index contributed by atoms with van der Waals surface area (Å²) >= 11 is 3.44. The van der Waals surface area contributed by atoms with Gasteiger partial charge in [-0.3, -0.25) is 0 Å². The maximum atomic E-state index is 9.84. The summed E-state index contributed by atoms with van der Waals surface area (Å²) in [5, 5.41) is 13.3. The van der Waals surface area contributed by atoms with E-state index in [0.717, 1.165) is 16.6 Å². The molecule has 1 fully saturated rings. The van der Waals surface area contributed by atoms with Crippen LogP contribution in [0.3, 0.4) is 0 Å². The van der Waals surface area contributed by atoms with Crippen molar-refractivity contribution in [2.24, 2.45) is 0 Å². The molecule has 2 nitrogen and oxygen atoms in total. The van der Waals surface area contributed by atoms with Crippen molar-refractivity contribution >= 4 is 15.9 Å². The van der Waals surface area contributed by atoms with Gasteiger partial charge in [0, 0.05) is 28.5 Å². The number of aromatic hydroxyl groups is 1. The van der Waals surface area contributed by atoms with Crippen molar-refractivity contribution in [1.29, 1.82) is 0 Å². The zero-order valence-electron chi connectivity index (χ0n) is 11.3. The summed E-state index contributed by atoms with van der Waals surface area (Å²) in [5.41, 5.74) is 2.66. The highest BCUT2D eigenvalue weighted by Crippen LogP contribution is 2.47. The van der Waals surface area contributed by atoms with E-state index in [1.54, 1.807) is 6.07 Å². The second-order valence-corrected chi connectivity index (χ2v) is 6.44. The maximum absolute atomic E-state index is 9.84. The molecule has 0 amide bonds. The molecule has 3 heteroatoms. The average Bonchev–Trinajstić information content (AvgIpc) is 3.25. The average molecular weight is 332 g/mol. The lowest BCUT2D eigenvalue weighted by Crippen LogP contribution is -2.26. The minimum atomic E-state index is 0.308. The monoisotopic (exact) mass is 331 g/mol. The van der Waals surface area contributed by atoms with E-state index in [1.165, 1.54) is 18.4 Å². The van der Waals surface area contributed by atoms with E-state index in [9.17, 15) is 5.11 Å². The molecule has 104 valence electrons. The Morgan fingerprint density at radius 3 is 2.55 bits per heavy atom. The standard InChI is InChI=1S/C17H18BrNO/c18-15-6-7-16(20)13(10-15)11-19-12-17(8-9-17)14-4-2-1-3-5-14/h1-7,10,19-20H,8-9,11-12H2. The molecule has 0 spiro atoms. The van der Waals surface area contributed by atoms with Gasteiger partial charge in [-0.15, -0.1) is 0 Å². The quantitative estimate of drug-likeness (QED) is 0.868. The smallest absolute Gasteiger partial charge is 0.120 e. The minimum absolute atomic E-state index is 0.308. The van der Waals surface area contributed by atoms with Gasteiger partial charge in [-0.1, -0.05) is 46.3 Å². The van der Waals surface area contributed by atoms with Gasteiger partial charge in [-0.25, -0.2) is 0 Å². The van der Waals surface area contributed by atoms with Crippen LogP contribution in [0.15, 0.2) is 53.0 Å². The van der Waals surface area contributed by atoms with Gasteiger partial charge in [-0.05, 0) is 36.6 Å². The van der Waals surface area contributed by atoms with E-state index >= 15 is 0 Å². The summed E-state index contributed by atoms with van der Waals surface area (Å²) < 4.78 is 0.997. The Kier molecular flexibility index (Phi) is 3.81. The first-order chi connectivity index (χ1) is 9.70. The third kappa shape index (κ3) is 2.89. The first-order valence-electron chi connectivity index (χ1n) is 6.93. The lowest BCUT2D eigenvalue weighted by molar-refractivity contribution is 0.462. The third-order valence-corrected chi connectivity index (χ3v) is 4.55. The van der Waals surface area contributed by atoms with E-state index < -0.39 is 0 Å². The third-order valence-electron chi connectivity index (χ3n) is 4.06. The van der Waals surface area contributed by atoms with Crippen LogP contribution in [0.4, 0.5) is 0 Å². The van der Waals surface area contributed by atoms with Crippen LogP contribution in [0, 0.1) is 0 Å². The number of hydrogen-bond acceptors (Lipinski definition) is 2. The van der Waals surface area contributed by atoms with Gasteiger partial charge in [0.1, 0.15) is 5.75 Å². The highest BCUT2D eigenvalue weighted by Gasteiger charge is 2.43. The van der Waals surface area contributed by atoms with Gasteiger partial charge in [-0.2, -0.15) is 0 Å². The van der Waals surface area contributed by atoms with Crippen LogP contribution < -0.4 is 5.32 Å². The molecule has 0 radical (unpaired) electrons. The fourth-order valence-corrected chi connectivity index (χ4v) is 3.05. The molecule has 2 aromatic carbocycles. The van der Waals surface area contributed by atoms with Crippen molar-refractivity contribution in [3.8, 4) is 5.75 Å². The second kappa shape index (κ2) is 5.58. The van der Waals surface area contributed by atoms with E-state index in [0.29, 0.717) is 17.7 Å². The summed E-state index contributed by atoms with van der Waals surface area (Å²) in [7, 11) is 0. The largest absolute Gasteiger partial charge is 0.508 e. The maximum Gasteiger partial charge on any atom is 0.120 e. The fraction of sp³-hybridized carbons (Fsp3) is 0.294. The molecule has 0 atom stereocenters. The zero-order valence-corrected chi connectivity index (χ0v) is 12.9. The Morgan fingerprint density at radius 1 is 1.10 bits per heavy atom. The van der Waals surface area contributed by atoms with Crippen LogP contribution in [0.2, 0.25) is 0 Å². The van der Waals surface area contributed by atoms with Crippen LogP contribution in [-0.2, 0) is 12.0 Å². The number of phenols is 1. The van der Waals surface area contributed by atoms with Crippen molar-refractivity contribution < 1.29 is 5.11 Å². The Bertz CT molecular complexity index is 593. The van der Waals surface area contributed by atoms with Gasteiger partial charge >= 0.3 is 0 Å². The van der Waals surface area contributed by atoms with Crippen LogP contribution in [0.25, 0.3) is 0 Å². The molecule has 0 heterocycles. The Hall–Kier alpha value is -1.32. The van der Waals surface area contributed by atoms with Crippen LogP contribution in [0.5, 0.6) is 5.75 Å². The second-order valence-electron chi connectivity index (χ2n) is 5.52. The number of rotatable bonds is 5. The molecule has 1 aliphatic carbocycles. The highest BCUT2D eigenvalue weighted by atomic mass is 79.9.